The maximum atomic E-state index is 11.7. The molecule has 0 N–H and O–H groups in total. The lowest BCUT2D eigenvalue weighted by atomic mass is 10.2. The summed E-state index contributed by atoms with van der Waals surface area (Å²) in [5.41, 5.74) is 0. The molecule has 0 saturated carbocycles. The maximum absolute atomic E-state index is 11.7. The molecule has 0 bridgehead atoms. The molecule has 0 aliphatic rings. The molecule has 15 heavy (non-hydrogen) atoms. The zero-order chi connectivity index (χ0) is 11.5. The van der Waals surface area contributed by atoms with E-state index in [2.05, 4.69) is 13.8 Å². The van der Waals surface area contributed by atoms with Crippen LogP contribution in [0.4, 0.5) is 0 Å². The molecule has 2 unspecified atom stereocenters. The highest BCUT2D eigenvalue weighted by atomic mass is 32.2. The minimum atomic E-state index is -0.931. The number of hydrogen-bond donors (Lipinski definition) is 0. The van der Waals surface area contributed by atoms with Crippen molar-refractivity contribution in [1.29, 1.82) is 0 Å². The van der Waals surface area contributed by atoms with Gasteiger partial charge in [-0.2, -0.15) is 0 Å². The van der Waals surface area contributed by atoms with Gasteiger partial charge in [0.2, 0.25) is 0 Å². The second-order valence-electron chi connectivity index (χ2n) is 3.96. The molecule has 2 nitrogen and oxygen atoms in total. The Morgan fingerprint density at radius 2 is 1.67 bits per heavy atom. The summed E-state index contributed by atoms with van der Waals surface area (Å²) in [7, 11) is -0.931. The van der Waals surface area contributed by atoms with Gasteiger partial charge in [-0.3, -0.25) is 4.21 Å². The van der Waals surface area contributed by atoms with Crippen molar-refractivity contribution in [3.8, 4) is 0 Å². The smallest absolute Gasteiger partial charge is 0.135 e. The van der Waals surface area contributed by atoms with Crippen LogP contribution in [-0.2, 0) is 15.6 Å². The number of carbonyl (C=O) groups excluding carboxylic acids is 1. The van der Waals surface area contributed by atoms with Crippen LogP contribution in [0.15, 0.2) is 0 Å². The predicted molar refractivity (Wildman–Crippen MR) is 66.5 cm³/mol. The Labute approximate surface area is 96.3 Å². The SMILES string of the molecule is CCCCCC(C=O)S(=O)CCCCC. The topological polar surface area (TPSA) is 34.1 Å². The first-order chi connectivity index (χ1) is 7.26. The molecule has 0 rings (SSSR count). The van der Waals surface area contributed by atoms with Gasteiger partial charge < -0.3 is 4.79 Å². The number of aldehydes is 1. The molecule has 0 radical (unpaired) electrons. The van der Waals surface area contributed by atoms with Gasteiger partial charge in [0.05, 0.1) is 5.25 Å². The molecular weight excluding hydrogens is 208 g/mol. The van der Waals surface area contributed by atoms with Gasteiger partial charge >= 0.3 is 0 Å². The van der Waals surface area contributed by atoms with Crippen LogP contribution >= 0.6 is 0 Å². The van der Waals surface area contributed by atoms with Crippen LogP contribution in [0.25, 0.3) is 0 Å². The molecular formula is C12H24O2S. The second-order valence-corrected chi connectivity index (χ2v) is 5.74. The van der Waals surface area contributed by atoms with E-state index in [0.29, 0.717) is 5.75 Å². The number of carbonyl (C=O) groups is 1. The van der Waals surface area contributed by atoms with Crippen LogP contribution in [-0.4, -0.2) is 21.5 Å². The zero-order valence-corrected chi connectivity index (χ0v) is 10.9. The summed E-state index contributed by atoms with van der Waals surface area (Å²) in [6.07, 6.45) is 8.24. The fraction of sp³-hybridized carbons (Fsp3) is 0.917. The molecule has 0 saturated heterocycles. The van der Waals surface area contributed by atoms with Gasteiger partial charge in [-0.1, -0.05) is 46.0 Å². The number of hydrogen-bond acceptors (Lipinski definition) is 2. The van der Waals surface area contributed by atoms with Crippen molar-refractivity contribution in [3.05, 3.63) is 0 Å². The first-order valence-electron chi connectivity index (χ1n) is 6.08. The monoisotopic (exact) mass is 232 g/mol. The molecule has 0 amide bonds. The van der Waals surface area contributed by atoms with Crippen molar-refractivity contribution in [2.75, 3.05) is 5.75 Å². The Morgan fingerprint density at radius 1 is 1.07 bits per heavy atom. The molecule has 3 heteroatoms. The van der Waals surface area contributed by atoms with Crippen LogP contribution in [0.2, 0.25) is 0 Å². The highest BCUT2D eigenvalue weighted by Gasteiger charge is 2.14. The molecule has 0 aromatic heterocycles. The minimum absolute atomic E-state index is 0.214. The van der Waals surface area contributed by atoms with E-state index in [0.717, 1.165) is 51.2 Å². The van der Waals surface area contributed by atoms with Gasteiger partial charge in [-0.05, 0) is 12.8 Å². The molecule has 2 atom stereocenters. The average molecular weight is 232 g/mol. The van der Waals surface area contributed by atoms with Crippen molar-refractivity contribution < 1.29 is 9.00 Å². The van der Waals surface area contributed by atoms with Crippen molar-refractivity contribution in [1.82, 2.24) is 0 Å². The van der Waals surface area contributed by atoms with Gasteiger partial charge in [0.1, 0.15) is 6.29 Å². The summed E-state index contributed by atoms with van der Waals surface area (Å²) in [6.45, 7) is 4.26. The Bertz CT molecular complexity index is 180. The van der Waals surface area contributed by atoms with Gasteiger partial charge in [0.15, 0.2) is 0 Å². The molecule has 0 aromatic rings. The van der Waals surface area contributed by atoms with E-state index in [-0.39, 0.29) is 5.25 Å². The maximum Gasteiger partial charge on any atom is 0.135 e. The van der Waals surface area contributed by atoms with Gasteiger partial charge in [0, 0.05) is 16.6 Å². The van der Waals surface area contributed by atoms with E-state index in [4.69, 9.17) is 0 Å². The molecule has 0 heterocycles. The summed E-state index contributed by atoms with van der Waals surface area (Å²) in [4.78, 5) is 10.8. The third-order valence-corrected chi connectivity index (χ3v) is 4.24. The fourth-order valence-corrected chi connectivity index (χ4v) is 2.85. The molecule has 0 aromatic carbocycles. The Balaban J connectivity index is 3.72. The average Bonchev–Trinajstić information content (AvgIpc) is 2.24. The third-order valence-electron chi connectivity index (χ3n) is 2.53. The lowest BCUT2D eigenvalue weighted by Gasteiger charge is -2.09. The largest absolute Gasteiger partial charge is 0.302 e. The van der Waals surface area contributed by atoms with Gasteiger partial charge in [-0.25, -0.2) is 0 Å². The number of unbranched alkanes of at least 4 members (excludes halogenated alkanes) is 4. The van der Waals surface area contributed by atoms with Crippen LogP contribution in [0, 0.1) is 0 Å². The summed E-state index contributed by atoms with van der Waals surface area (Å²) < 4.78 is 11.7. The van der Waals surface area contributed by atoms with Crippen molar-refractivity contribution in [2.45, 2.75) is 64.0 Å². The van der Waals surface area contributed by atoms with Crippen molar-refractivity contribution in [3.63, 3.8) is 0 Å². The van der Waals surface area contributed by atoms with E-state index >= 15 is 0 Å². The van der Waals surface area contributed by atoms with E-state index in [9.17, 15) is 9.00 Å². The van der Waals surface area contributed by atoms with E-state index in [1.54, 1.807) is 0 Å². The zero-order valence-electron chi connectivity index (χ0n) is 10.0. The lowest BCUT2D eigenvalue weighted by Crippen LogP contribution is -2.19. The second kappa shape index (κ2) is 10.3. The fourth-order valence-electron chi connectivity index (χ4n) is 1.50. The molecule has 0 spiro atoms. The summed E-state index contributed by atoms with van der Waals surface area (Å²) in [6, 6.07) is 0. The number of rotatable bonds is 10. The van der Waals surface area contributed by atoms with Crippen LogP contribution in [0.1, 0.15) is 58.8 Å². The molecule has 0 fully saturated rings. The first-order valence-corrected chi connectivity index (χ1v) is 7.46. The first kappa shape index (κ1) is 14.8. The summed E-state index contributed by atoms with van der Waals surface area (Å²) >= 11 is 0. The highest BCUT2D eigenvalue weighted by Crippen LogP contribution is 2.09. The van der Waals surface area contributed by atoms with Crippen LogP contribution in [0.5, 0.6) is 0 Å². The third kappa shape index (κ3) is 7.71. The molecule has 90 valence electrons. The predicted octanol–water partition coefficient (Wildman–Crippen LogP) is 3.07. The normalized spacial score (nSPS) is 14.8. The van der Waals surface area contributed by atoms with Gasteiger partial charge in [0.25, 0.3) is 0 Å². The van der Waals surface area contributed by atoms with E-state index < -0.39 is 10.8 Å². The Kier molecular flexibility index (Phi) is 10.2. The highest BCUT2D eigenvalue weighted by molar-refractivity contribution is 7.86. The lowest BCUT2D eigenvalue weighted by molar-refractivity contribution is -0.107. The van der Waals surface area contributed by atoms with Gasteiger partial charge in [-0.15, -0.1) is 0 Å². The Hall–Kier alpha value is -0.180. The van der Waals surface area contributed by atoms with Crippen molar-refractivity contribution in [2.24, 2.45) is 0 Å². The van der Waals surface area contributed by atoms with Crippen LogP contribution < -0.4 is 0 Å². The van der Waals surface area contributed by atoms with Crippen molar-refractivity contribution >= 4 is 17.1 Å². The standard InChI is InChI=1S/C12H24O2S/c1-3-5-7-9-12(11-13)15(14)10-8-6-4-2/h11-12H,3-10H2,1-2H3. The Morgan fingerprint density at radius 3 is 2.20 bits per heavy atom. The van der Waals surface area contributed by atoms with Crippen LogP contribution in [0.3, 0.4) is 0 Å². The minimum Gasteiger partial charge on any atom is -0.302 e. The molecule has 0 aliphatic carbocycles. The summed E-state index contributed by atoms with van der Waals surface area (Å²) in [5, 5.41) is -0.214. The van der Waals surface area contributed by atoms with E-state index in [1.165, 1.54) is 0 Å². The quantitative estimate of drug-likeness (QED) is 0.428. The summed E-state index contributed by atoms with van der Waals surface area (Å²) in [5.74, 6) is 0.698. The van der Waals surface area contributed by atoms with E-state index in [1.807, 2.05) is 0 Å². The molecule has 0 aliphatic heterocycles.